The highest BCUT2D eigenvalue weighted by Gasteiger charge is 2.09. The number of anilines is 2. The third-order valence-electron chi connectivity index (χ3n) is 2.36. The van der Waals surface area contributed by atoms with Gasteiger partial charge in [0, 0.05) is 4.47 Å². The van der Waals surface area contributed by atoms with Crippen LogP contribution in [0.25, 0.3) is 0 Å². The molecule has 0 saturated heterocycles. The summed E-state index contributed by atoms with van der Waals surface area (Å²) in [6.07, 6.45) is 0. The van der Waals surface area contributed by atoms with Crippen LogP contribution >= 0.6 is 15.9 Å². The van der Waals surface area contributed by atoms with Crippen molar-refractivity contribution < 1.29 is 14.3 Å². The van der Waals surface area contributed by atoms with E-state index in [1.807, 2.05) is 18.2 Å². The van der Waals surface area contributed by atoms with E-state index in [2.05, 4.69) is 21.2 Å². The van der Waals surface area contributed by atoms with Gasteiger partial charge in [-0.2, -0.15) is 0 Å². The van der Waals surface area contributed by atoms with Crippen LogP contribution in [0, 0.1) is 5.82 Å². The van der Waals surface area contributed by atoms with E-state index in [1.165, 1.54) is 12.1 Å². The fourth-order valence-corrected chi connectivity index (χ4v) is 1.84. The second-order valence-corrected chi connectivity index (χ2v) is 4.46. The number of para-hydroxylation sites is 1. The van der Waals surface area contributed by atoms with Crippen LogP contribution in [0.5, 0.6) is 0 Å². The molecular formula is C13H9BrFNO2. The molecule has 0 aliphatic heterocycles. The third-order valence-corrected chi connectivity index (χ3v) is 3.05. The molecule has 0 heterocycles. The fraction of sp³-hybridized carbons (Fsp3) is 0. The van der Waals surface area contributed by atoms with Crippen molar-refractivity contribution >= 4 is 33.3 Å². The number of hydrogen-bond acceptors (Lipinski definition) is 2. The Balaban J connectivity index is 2.30. The average Bonchev–Trinajstić information content (AvgIpc) is 2.34. The summed E-state index contributed by atoms with van der Waals surface area (Å²) in [5, 5.41) is 11.6. The Morgan fingerprint density at radius 2 is 1.89 bits per heavy atom. The molecule has 0 unspecified atom stereocenters. The van der Waals surface area contributed by atoms with Gasteiger partial charge in [-0.05, 0) is 46.3 Å². The molecule has 0 bridgehead atoms. The minimum atomic E-state index is -1.15. The van der Waals surface area contributed by atoms with Gasteiger partial charge in [-0.25, -0.2) is 9.18 Å². The van der Waals surface area contributed by atoms with Crippen molar-refractivity contribution in [3.05, 3.63) is 58.3 Å². The number of carboxylic acids is 1. The number of carbonyl (C=O) groups is 1. The molecule has 0 spiro atoms. The molecule has 2 rings (SSSR count). The summed E-state index contributed by atoms with van der Waals surface area (Å²) >= 11 is 3.34. The van der Waals surface area contributed by atoms with Crippen LogP contribution in [0.4, 0.5) is 15.8 Å². The van der Waals surface area contributed by atoms with Crippen molar-refractivity contribution in [2.75, 3.05) is 5.32 Å². The van der Waals surface area contributed by atoms with Crippen LogP contribution in [0.15, 0.2) is 46.9 Å². The van der Waals surface area contributed by atoms with Gasteiger partial charge in [0.2, 0.25) is 0 Å². The van der Waals surface area contributed by atoms with Gasteiger partial charge >= 0.3 is 5.97 Å². The highest BCUT2D eigenvalue weighted by atomic mass is 79.9. The highest BCUT2D eigenvalue weighted by molar-refractivity contribution is 9.10. The molecular weight excluding hydrogens is 301 g/mol. The predicted molar refractivity (Wildman–Crippen MR) is 70.8 cm³/mol. The molecule has 0 radical (unpaired) electrons. The van der Waals surface area contributed by atoms with Crippen molar-refractivity contribution in [1.82, 2.24) is 0 Å². The van der Waals surface area contributed by atoms with Crippen LogP contribution in [-0.4, -0.2) is 11.1 Å². The summed E-state index contributed by atoms with van der Waals surface area (Å²) in [5.74, 6) is -1.76. The minimum absolute atomic E-state index is 0.0785. The first-order valence-corrected chi connectivity index (χ1v) is 5.91. The number of aromatic carboxylic acids is 1. The number of halogens is 2. The number of carboxylic acid groups (broad SMARTS) is 1. The second kappa shape index (κ2) is 5.18. The smallest absolute Gasteiger partial charge is 0.335 e. The maximum absolute atomic E-state index is 13.7. The van der Waals surface area contributed by atoms with Gasteiger partial charge < -0.3 is 10.4 Å². The molecule has 2 aromatic rings. The normalized spacial score (nSPS) is 10.1. The Labute approximate surface area is 111 Å². The molecule has 2 aromatic carbocycles. The summed E-state index contributed by atoms with van der Waals surface area (Å²) in [7, 11) is 0. The summed E-state index contributed by atoms with van der Waals surface area (Å²) in [6.45, 7) is 0. The zero-order chi connectivity index (χ0) is 13.1. The summed E-state index contributed by atoms with van der Waals surface area (Å²) in [6, 6.07) is 11.0. The Kier molecular flexibility index (Phi) is 3.62. The van der Waals surface area contributed by atoms with Crippen molar-refractivity contribution in [3.8, 4) is 0 Å². The first-order valence-electron chi connectivity index (χ1n) is 5.12. The van der Waals surface area contributed by atoms with Gasteiger partial charge in [0.15, 0.2) is 0 Å². The van der Waals surface area contributed by atoms with E-state index >= 15 is 0 Å². The van der Waals surface area contributed by atoms with E-state index in [1.54, 1.807) is 6.07 Å². The molecule has 2 N–H and O–H groups in total. The summed E-state index contributed by atoms with van der Waals surface area (Å²) < 4.78 is 14.5. The lowest BCUT2D eigenvalue weighted by atomic mass is 10.2. The predicted octanol–water partition coefficient (Wildman–Crippen LogP) is 4.03. The standard InChI is InChI=1S/C13H9BrFNO2/c14-9-3-1-2-4-11(9)16-12-6-5-8(13(17)18)7-10(12)15/h1-7,16H,(H,17,18). The molecule has 92 valence electrons. The van der Waals surface area contributed by atoms with E-state index < -0.39 is 11.8 Å². The van der Waals surface area contributed by atoms with Gasteiger partial charge in [0.05, 0.1) is 16.9 Å². The zero-order valence-corrected chi connectivity index (χ0v) is 10.7. The average molecular weight is 310 g/mol. The molecule has 0 amide bonds. The fourth-order valence-electron chi connectivity index (χ4n) is 1.46. The Hall–Kier alpha value is -1.88. The van der Waals surface area contributed by atoms with E-state index in [0.717, 1.165) is 10.5 Å². The Bertz CT molecular complexity index is 601. The lowest BCUT2D eigenvalue weighted by molar-refractivity contribution is 0.0696. The van der Waals surface area contributed by atoms with Gasteiger partial charge in [-0.1, -0.05) is 12.1 Å². The van der Waals surface area contributed by atoms with Crippen LogP contribution < -0.4 is 5.32 Å². The molecule has 0 atom stereocenters. The quantitative estimate of drug-likeness (QED) is 0.900. The number of benzene rings is 2. The second-order valence-electron chi connectivity index (χ2n) is 3.60. The zero-order valence-electron chi connectivity index (χ0n) is 9.15. The molecule has 0 aliphatic rings. The van der Waals surface area contributed by atoms with Crippen molar-refractivity contribution in [1.29, 1.82) is 0 Å². The third kappa shape index (κ3) is 2.68. The maximum Gasteiger partial charge on any atom is 0.335 e. The van der Waals surface area contributed by atoms with Gasteiger partial charge in [-0.15, -0.1) is 0 Å². The van der Waals surface area contributed by atoms with Crippen LogP contribution in [0.3, 0.4) is 0 Å². The van der Waals surface area contributed by atoms with E-state index in [-0.39, 0.29) is 11.3 Å². The SMILES string of the molecule is O=C(O)c1ccc(Nc2ccccc2Br)c(F)c1. The van der Waals surface area contributed by atoms with E-state index in [4.69, 9.17) is 5.11 Å². The monoisotopic (exact) mass is 309 g/mol. The lowest BCUT2D eigenvalue weighted by Gasteiger charge is -2.09. The maximum atomic E-state index is 13.7. The Morgan fingerprint density at radius 1 is 1.17 bits per heavy atom. The largest absolute Gasteiger partial charge is 0.478 e. The van der Waals surface area contributed by atoms with Crippen LogP contribution in [-0.2, 0) is 0 Å². The van der Waals surface area contributed by atoms with Crippen molar-refractivity contribution in [2.24, 2.45) is 0 Å². The summed E-state index contributed by atoms with van der Waals surface area (Å²) in [4.78, 5) is 10.7. The molecule has 0 fully saturated rings. The van der Waals surface area contributed by atoms with E-state index in [9.17, 15) is 9.18 Å². The molecule has 0 aliphatic carbocycles. The van der Waals surface area contributed by atoms with Crippen molar-refractivity contribution in [2.45, 2.75) is 0 Å². The minimum Gasteiger partial charge on any atom is -0.478 e. The number of nitrogens with one attached hydrogen (secondary N) is 1. The molecule has 0 aromatic heterocycles. The molecule has 3 nitrogen and oxygen atoms in total. The molecule has 0 saturated carbocycles. The van der Waals surface area contributed by atoms with E-state index in [0.29, 0.717) is 5.69 Å². The lowest BCUT2D eigenvalue weighted by Crippen LogP contribution is -2.00. The van der Waals surface area contributed by atoms with Crippen molar-refractivity contribution in [3.63, 3.8) is 0 Å². The molecule has 18 heavy (non-hydrogen) atoms. The van der Waals surface area contributed by atoms with Crippen LogP contribution in [0.2, 0.25) is 0 Å². The van der Waals surface area contributed by atoms with Gasteiger partial charge in [0.1, 0.15) is 5.82 Å². The number of hydrogen-bond donors (Lipinski definition) is 2. The first kappa shape index (κ1) is 12.6. The molecule has 5 heteroatoms. The number of rotatable bonds is 3. The highest BCUT2D eigenvalue weighted by Crippen LogP contribution is 2.27. The Morgan fingerprint density at radius 3 is 2.50 bits per heavy atom. The van der Waals surface area contributed by atoms with Gasteiger partial charge in [0.25, 0.3) is 0 Å². The summed E-state index contributed by atoms with van der Waals surface area (Å²) in [5.41, 5.74) is 0.858. The van der Waals surface area contributed by atoms with Gasteiger partial charge in [-0.3, -0.25) is 0 Å². The topological polar surface area (TPSA) is 49.3 Å². The van der Waals surface area contributed by atoms with Crippen LogP contribution in [0.1, 0.15) is 10.4 Å². The first-order chi connectivity index (χ1) is 8.58.